The number of rotatable bonds is 10. The molecule has 0 heterocycles. The average Bonchev–Trinajstić information content (AvgIpc) is 2.88. The number of carbonyl (C=O) groups is 1. The molecule has 0 spiro atoms. The highest BCUT2D eigenvalue weighted by atomic mass is 19.4. The molecule has 2 aromatic rings. The van der Waals surface area contributed by atoms with E-state index in [1.807, 2.05) is 6.07 Å². The Morgan fingerprint density at radius 3 is 2.51 bits per heavy atom. The van der Waals surface area contributed by atoms with Crippen LogP contribution in [0.2, 0.25) is 0 Å². The van der Waals surface area contributed by atoms with Crippen molar-refractivity contribution in [3.63, 3.8) is 0 Å². The number of aliphatic hydroxyl groups is 2. The molecule has 0 saturated heterocycles. The second kappa shape index (κ2) is 12.5. The molecule has 0 aliphatic heterocycles. The van der Waals surface area contributed by atoms with Crippen molar-refractivity contribution in [2.75, 3.05) is 20.3 Å². The van der Waals surface area contributed by atoms with E-state index in [1.165, 1.54) is 19.2 Å². The summed E-state index contributed by atoms with van der Waals surface area (Å²) in [5.74, 6) is -0.602. The van der Waals surface area contributed by atoms with E-state index in [9.17, 15) is 28.2 Å². The third-order valence-corrected chi connectivity index (χ3v) is 6.17. The number of aliphatic hydroxyl groups excluding tert-OH is 2. The van der Waals surface area contributed by atoms with E-state index >= 15 is 0 Å². The molecule has 0 aromatic heterocycles. The zero-order valence-electron chi connectivity index (χ0n) is 20.2. The summed E-state index contributed by atoms with van der Waals surface area (Å²) < 4.78 is 56.2. The first kappa shape index (κ1) is 28.6. The van der Waals surface area contributed by atoms with E-state index in [1.54, 1.807) is 24.3 Å². The number of hydrogen-bond acceptors (Lipinski definition) is 7. The number of halogens is 3. The van der Waals surface area contributed by atoms with Crippen LogP contribution >= 0.6 is 0 Å². The first-order chi connectivity index (χ1) is 17.6. The van der Waals surface area contributed by atoms with Gasteiger partial charge in [0, 0.05) is 26.5 Å². The van der Waals surface area contributed by atoms with Crippen LogP contribution in [0.4, 0.5) is 13.2 Å². The van der Waals surface area contributed by atoms with E-state index < -0.39 is 41.6 Å². The monoisotopic (exact) mass is 522 g/mol. The number of hydrogen-bond donors (Lipinski definition) is 3. The molecule has 1 amide bonds. The Morgan fingerprint density at radius 2 is 1.86 bits per heavy atom. The number of carbonyl (C=O) groups excluding carboxylic acids is 1. The smallest absolute Gasteiger partial charge is 0.390 e. The summed E-state index contributed by atoms with van der Waals surface area (Å²) in [6.07, 6.45) is -8.72. The van der Waals surface area contributed by atoms with Gasteiger partial charge < -0.3 is 29.7 Å². The predicted octanol–water partition coefficient (Wildman–Crippen LogP) is 2.70. The summed E-state index contributed by atoms with van der Waals surface area (Å²) in [5, 5.41) is 32.8. The van der Waals surface area contributed by atoms with Gasteiger partial charge in [0.15, 0.2) is 5.60 Å². The quantitative estimate of drug-likeness (QED) is 0.411. The highest BCUT2D eigenvalue weighted by Crippen LogP contribution is 2.36. The van der Waals surface area contributed by atoms with Crippen LogP contribution in [0.3, 0.4) is 0 Å². The van der Waals surface area contributed by atoms with Gasteiger partial charge in [0.2, 0.25) is 0 Å². The zero-order valence-corrected chi connectivity index (χ0v) is 20.2. The topological polar surface area (TPSA) is 121 Å². The summed E-state index contributed by atoms with van der Waals surface area (Å²) in [6, 6.07) is 13.1. The van der Waals surface area contributed by atoms with Gasteiger partial charge in [0.05, 0.1) is 49.2 Å². The molecule has 1 fully saturated rings. The molecule has 1 aliphatic rings. The summed E-state index contributed by atoms with van der Waals surface area (Å²) in [5.41, 5.74) is -1.18. The molecular weight excluding hydrogens is 493 g/mol. The lowest BCUT2D eigenvalue weighted by Crippen LogP contribution is -2.60. The number of nitrogens with zero attached hydrogens (tertiary/aromatic N) is 1. The maximum Gasteiger partial charge on any atom is 0.416 e. The van der Waals surface area contributed by atoms with Crippen LogP contribution in [0.25, 0.3) is 0 Å². The Labute approximate surface area is 212 Å². The number of ether oxygens (including phenoxy) is 3. The van der Waals surface area contributed by atoms with Gasteiger partial charge >= 0.3 is 6.18 Å². The number of nitriles is 1. The molecule has 2 aromatic carbocycles. The minimum atomic E-state index is -4.54. The molecule has 11 heteroatoms. The zero-order chi connectivity index (χ0) is 27.1. The van der Waals surface area contributed by atoms with Gasteiger partial charge in [-0.15, -0.1) is 0 Å². The van der Waals surface area contributed by atoms with Gasteiger partial charge in [0.25, 0.3) is 5.91 Å². The Kier molecular flexibility index (Phi) is 9.64. The maximum absolute atomic E-state index is 13.2. The molecule has 4 atom stereocenters. The van der Waals surface area contributed by atoms with E-state index in [0.717, 1.165) is 12.1 Å². The Bertz CT molecular complexity index is 1090. The van der Waals surface area contributed by atoms with Gasteiger partial charge in [-0.3, -0.25) is 4.79 Å². The predicted molar refractivity (Wildman–Crippen MR) is 125 cm³/mol. The molecule has 1 aliphatic carbocycles. The van der Waals surface area contributed by atoms with Gasteiger partial charge in [-0.05, 0) is 35.4 Å². The standard InChI is InChI=1S/C26H29F3N2O6/c1-35-10-9-31-24(34)25(37-16-19-3-2-4-20(11-19)26(27,28)29)12-21(32)23(33)22(13-25)36-15-18-7-5-17(14-30)6-8-18/h2-8,11,21-23,32-33H,9-10,12-13,15-16H2,1H3,(H,31,34)/t21-,22?,23-,25+/m1/s1. The lowest BCUT2D eigenvalue weighted by atomic mass is 9.78. The van der Waals surface area contributed by atoms with Crippen molar-refractivity contribution in [1.29, 1.82) is 5.26 Å². The van der Waals surface area contributed by atoms with Crippen LogP contribution in [0.15, 0.2) is 48.5 Å². The van der Waals surface area contributed by atoms with Crippen molar-refractivity contribution >= 4 is 5.91 Å². The highest BCUT2D eigenvalue weighted by Gasteiger charge is 2.51. The lowest BCUT2D eigenvalue weighted by molar-refractivity contribution is -0.200. The van der Waals surface area contributed by atoms with Gasteiger partial charge in [-0.2, -0.15) is 18.4 Å². The molecular formula is C26H29F3N2O6. The SMILES string of the molecule is COCCNC(=O)[C@@]1(OCc2cccc(C(F)(F)F)c2)CC(OCc2ccc(C#N)cc2)[C@H](O)[C@H](O)C1. The largest absolute Gasteiger partial charge is 0.416 e. The van der Waals surface area contributed by atoms with Crippen molar-refractivity contribution in [2.45, 2.75) is 56.1 Å². The molecule has 200 valence electrons. The van der Waals surface area contributed by atoms with Gasteiger partial charge in [0.1, 0.15) is 6.10 Å². The maximum atomic E-state index is 13.2. The average molecular weight is 523 g/mol. The van der Waals surface area contributed by atoms with Crippen molar-refractivity contribution < 1.29 is 42.4 Å². The van der Waals surface area contributed by atoms with E-state index in [4.69, 9.17) is 19.5 Å². The molecule has 0 bridgehead atoms. The number of amides is 1. The Balaban J connectivity index is 1.80. The van der Waals surface area contributed by atoms with E-state index in [-0.39, 0.29) is 44.8 Å². The van der Waals surface area contributed by atoms with E-state index in [2.05, 4.69) is 5.32 Å². The third kappa shape index (κ3) is 7.50. The van der Waals surface area contributed by atoms with Crippen LogP contribution in [0.5, 0.6) is 0 Å². The first-order valence-electron chi connectivity index (χ1n) is 11.6. The number of benzene rings is 2. The van der Waals surface area contributed by atoms with Crippen molar-refractivity contribution in [3.05, 3.63) is 70.8 Å². The minimum Gasteiger partial charge on any atom is -0.390 e. The summed E-state index contributed by atoms with van der Waals surface area (Å²) in [6.45, 7) is 0.0284. The highest BCUT2D eigenvalue weighted by molar-refractivity contribution is 5.85. The fourth-order valence-corrected chi connectivity index (χ4v) is 4.13. The van der Waals surface area contributed by atoms with Crippen LogP contribution in [0, 0.1) is 11.3 Å². The first-order valence-corrected chi connectivity index (χ1v) is 11.6. The van der Waals surface area contributed by atoms with Crippen LogP contribution in [-0.2, 0) is 38.4 Å². The number of nitrogens with one attached hydrogen (secondary N) is 1. The van der Waals surface area contributed by atoms with Gasteiger partial charge in [-0.1, -0.05) is 24.3 Å². The van der Waals surface area contributed by atoms with Crippen molar-refractivity contribution in [2.24, 2.45) is 0 Å². The molecule has 3 rings (SSSR count). The molecule has 1 unspecified atom stereocenters. The van der Waals surface area contributed by atoms with Crippen LogP contribution < -0.4 is 5.32 Å². The van der Waals surface area contributed by atoms with Gasteiger partial charge in [-0.25, -0.2) is 0 Å². The summed E-state index contributed by atoms with van der Waals surface area (Å²) in [4.78, 5) is 13.2. The number of methoxy groups -OCH3 is 1. The molecule has 8 nitrogen and oxygen atoms in total. The minimum absolute atomic E-state index is 0.0230. The Morgan fingerprint density at radius 1 is 1.14 bits per heavy atom. The summed E-state index contributed by atoms with van der Waals surface area (Å²) in [7, 11) is 1.46. The molecule has 0 radical (unpaired) electrons. The molecule has 37 heavy (non-hydrogen) atoms. The number of alkyl halides is 3. The van der Waals surface area contributed by atoms with E-state index in [0.29, 0.717) is 11.1 Å². The normalized spacial score (nSPS) is 23.9. The third-order valence-electron chi connectivity index (χ3n) is 6.17. The fourth-order valence-electron chi connectivity index (χ4n) is 4.13. The second-order valence-electron chi connectivity index (χ2n) is 8.85. The van der Waals surface area contributed by atoms with Crippen LogP contribution in [0.1, 0.15) is 35.1 Å². The Hall–Kier alpha value is -3.01. The summed E-state index contributed by atoms with van der Waals surface area (Å²) >= 11 is 0. The fraction of sp³-hybridized carbons (Fsp3) is 0.462. The van der Waals surface area contributed by atoms with Crippen molar-refractivity contribution in [1.82, 2.24) is 5.32 Å². The second-order valence-corrected chi connectivity index (χ2v) is 8.85. The molecule has 3 N–H and O–H groups in total. The molecule has 1 saturated carbocycles. The van der Waals surface area contributed by atoms with Crippen LogP contribution in [-0.4, -0.2) is 60.3 Å². The van der Waals surface area contributed by atoms with Crippen molar-refractivity contribution in [3.8, 4) is 6.07 Å². The lowest BCUT2D eigenvalue weighted by Gasteiger charge is -2.44.